The van der Waals surface area contributed by atoms with Crippen molar-refractivity contribution in [3.63, 3.8) is 0 Å². The molecule has 0 atom stereocenters. The van der Waals surface area contributed by atoms with Crippen molar-refractivity contribution in [2.45, 2.75) is 6.54 Å². The number of nitrogens with two attached hydrogens (primary N) is 1. The molecule has 0 unspecified atom stereocenters. The van der Waals surface area contributed by atoms with Crippen LogP contribution in [0.2, 0.25) is 0 Å². The summed E-state index contributed by atoms with van der Waals surface area (Å²) in [6, 6.07) is 9.77. The van der Waals surface area contributed by atoms with E-state index in [-0.39, 0.29) is 0 Å². The zero-order valence-electron chi connectivity index (χ0n) is 12.7. The summed E-state index contributed by atoms with van der Waals surface area (Å²) in [7, 11) is 1.66. The molecule has 1 aromatic heterocycles. The molecule has 1 saturated heterocycles. The van der Waals surface area contributed by atoms with E-state index in [1.165, 1.54) is 0 Å². The van der Waals surface area contributed by atoms with E-state index in [9.17, 15) is 0 Å². The molecule has 2 heterocycles. The zero-order chi connectivity index (χ0) is 15.4. The van der Waals surface area contributed by atoms with Crippen molar-refractivity contribution in [3.05, 3.63) is 36.0 Å². The Bertz CT molecular complexity index is 625. The first kappa shape index (κ1) is 14.7. The average molecular weight is 300 g/mol. The second-order valence-electron chi connectivity index (χ2n) is 5.08. The maximum atomic E-state index is 5.79. The quantitative estimate of drug-likeness (QED) is 0.921. The molecular weight excluding hydrogens is 280 g/mol. The summed E-state index contributed by atoms with van der Waals surface area (Å²) in [4.78, 5) is 11.4. The second-order valence-corrected chi connectivity index (χ2v) is 5.08. The molecule has 0 aliphatic carbocycles. The van der Waals surface area contributed by atoms with E-state index in [4.69, 9.17) is 20.2 Å². The van der Waals surface area contributed by atoms with Crippen molar-refractivity contribution >= 4 is 5.95 Å². The fourth-order valence-corrected chi connectivity index (χ4v) is 2.40. The lowest BCUT2D eigenvalue weighted by molar-refractivity contribution is 0.122. The SMILES string of the molecule is COc1ccc(-c2cc(CN)nc(N3CCOCC3)n2)cc1. The van der Waals surface area contributed by atoms with E-state index in [2.05, 4.69) is 9.88 Å². The van der Waals surface area contributed by atoms with E-state index in [1.807, 2.05) is 30.3 Å². The van der Waals surface area contributed by atoms with Crippen LogP contribution in [0, 0.1) is 0 Å². The van der Waals surface area contributed by atoms with Crippen molar-refractivity contribution in [2.24, 2.45) is 5.73 Å². The minimum absolute atomic E-state index is 0.392. The summed E-state index contributed by atoms with van der Waals surface area (Å²) >= 11 is 0. The van der Waals surface area contributed by atoms with Crippen LogP contribution in [0.25, 0.3) is 11.3 Å². The van der Waals surface area contributed by atoms with E-state index in [0.29, 0.717) is 19.8 Å². The monoisotopic (exact) mass is 300 g/mol. The van der Waals surface area contributed by atoms with E-state index in [1.54, 1.807) is 7.11 Å². The van der Waals surface area contributed by atoms with Gasteiger partial charge in [-0.2, -0.15) is 0 Å². The van der Waals surface area contributed by atoms with Gasteiger partial charge in [-0.15, -0.1) is 0 Å². The summed E-state index contributed by atoms with van der Waals surface area (Å²) < 4.78 is 10.6. The molecule has 6 heteroatoms. The van der Waals surface area contributed by atoms with Gasteiger partial charge in [-0.3, -0.25) is 0 Å². The molecule has 1 aliphatic heterocycles. The second kappa shape index (κ2) is 6.72. The summed E-state index contributed by atoms with van der Waals surface area (Å²) in [6.45, 7) is 3.40. The van der Waals surface area contributed by atoms with Gasteiger partial charge in [0.15, 0.2) is 0 Å². The largest absolute Gasteiger partial charge is 0.497 e. The van der Waals surface area contributed by atoms with Crippen LogP contribution in [0.1, 0.15) is 5.69 Å². The highest BCUT2D eigenvalue weighted by Gasteiger charge is 2.16. The fraction of sp³-hybridized carbons (Fsp3) is 0.375. The molecular formula is C16H20N4O2. The van der Waals surface area contributed by atoms with E-state index < -0.39 is 0 Å². The van der Waals surface area contributed by atoms with Gasteiger partial charge in [0.2, 0.25) is 5.95 Å². The summed E-state index contributed by atoms with van der Waals surface area (Å²) in [5.41, 5.74) is 8.52. The van der Waals surface area contributed by atoms with Crippen LogP contribution in [0.5, 0.6) is 5.75 Å². The Hall–Kier alpha value is -2.18. The van der Waals surface area contributed by atoms with Gasteiger partial charge in [-0.1, -0.05) is 0 Å². The predicted octanol–water partition coefficient (Wildman–Crippen LogP) is 1.45. The molecule has 2 N–H and O–H groups in total. The van der Waals surface area contributed by atoms with Crippen LogP contribution in [0.15, 0.2) is 30.3 Å². The number of morpholine rings is 1. The van der Waals surface area contributed by atoms with Crippen LogP contribution in [0.4, 0.5) is 5.95 Å². The number of methoxy groups -OCH3 is 1. The predicted molar refractivity (Wildman–Crippen MR) is 84.9 cm³/mol. The van der Waals surface area contributed by atoms with Crippen molar-refractivity contribution < 1.29 is 9.47 Å². The van der Waals surface area contributed by atoms with Gasteiger partial charge in [-0.25, -0.2) is 9.97 Å². The van der Waals surface area contributed by atoms with Crippen molar-refractivity contribution in [3.8, 4) is 17.0 Å². The summed E-state index contributed by atoms with van der Waals surface area (Å²) in [5, 5.41) is 0. The molecule has 116 valence electrons. The first-order valence-electron chi connectivity index (χ1n) is 7.35. The number of benzene rings is 1. The van der Waals surface area contributed by atoms with Crippen molar-refractivity contribution in [1.29, 1.82) is 0 Å². The zero-order valence-corrected chi connectivity index (χ0v) is 12.7. The fourth-order valence-electron chi connectivity index (χ4n) is 2.40. The highest BCUT2D eigenvalue weighted by molar-refractivity contribution is 5.62. The Morgan fingerprint density at radius 3 is 2.55 bits per heavy atom. The Morgan fingerprint density at radius 2 is 1.91 bits per heavy atom. The molecule has 0 amide bonds. The Morgan fingerprint density at radius 1 is 1.18 bits per heavy atom. The molecule has 0 bridgehead atoms. The first-order chi connectivity index (χ1) is 10.8. The molecule has 1 fully saturated rings. The van der Waals surface area contributed by atoms with E-state index >= 15 is 0 Å². The van der Waals surface area contributed by atoms with Crippen LogP contribution >= 0.6 is 0 Å². The number of rotatable bonds is 4. The minimum atomic E-state index is 0.392. The normalized spacial score (nSPS) is 14.9. The standard InChI is InChI=1S/C16H20N4O2/c1-21-14-4-2-12(3-5-14)15-10-13(11-17)18-16(19-15)20-6-8-22-9-7-20/h2-5,10H,6-9,11,17H2,1H3. The number of aromatic nitrogens is 2. The summed E-state index contributed by atoms with van der Waals surface area (Å²) in [5.74, 6) is 1.54. The smallest absolute Gasteiger partial charge is 0.226 e. The minimum Gasteiger partial charge on any atom is -0.497 e. The van der Waals surface area contributed by atoms with Gasteiger partial charge in [-0.05, 0) is 30.3 Å². The maximum Gasteiger partial charge on any atom is 0.226 e. The number of hydrogen-bond acceptors (Lipinski definition) is 6. The number of nitrogens with zero attached hydrogens (tertiary/aromatic N) is 3. The number of ether oxygens (including phenoxy) is 2. The molecule has 3 rings (SSSR count). The Kier molecular flexibility index (Phi) is 4.50. The lowest BCUT2D eigenvalue weighted by Gasteiger charge is -2.27. The van der Waals surface area contributed by atoms with Gasteiger partial charge in [0.25, 0.3) is 0 Å². The third-order valence-electron chi connectivity index (χ3n) is 3.66. The van der Waals surface area contributed by atoms with Gasteiger partial charge in [0.05, 0.1) is 31.7 Å². The summed E-state index contributed by atoms with van der Waals surface area (Å²) in [6.07, 6.45) is 0. The van der Waals surface area contributed by atoms with Crippen molar-refractivity contribution in [1.82, 2.24) is 9.97 Å². The van der Waals surface area contributed by atoms with E-state index in [0.717, 1.165) is 41.7 Å². The first-order valence-corrected chi connectivity index (χ1v) is 7.35. The van der Waals surface area contributed by atoms with Gasteiger partial charge < -0.3 is 20.1 Å². The molecule has 6 nitrogen and oxygen atoms in total. The maximum absolute atomic E-state index is 5.79. The Labute approximate surface area is 129 Å². The lowest BCUT2D eigenvalue weighted by Crippen LogP contribution is -2.37. The highest BCUT2D eigenvalue weighted by atomic mass is 16.5. The van der Waals surface area contributed by atoms with Gasteiger partial charge >= 0.3 is 0 Å². The van der Waals surface area contributed by atoms with Crippen molar-refractivity contribution in [2.75, 3.05) is 38.3 Å². The Balaban J connectivity index is 1.95. The topological polar surface area (TPSA) is 73.5 Å². The molecule has 22 heavy (non-hydrogen) atoms. The van der Waals surface area contributed by atoms with Crippen LogP contribution in [-0.4, -0.2) is 43.4 Å². The molecule has 0 spiro atoms. The highest BCUT2D eigenvalue weighted by Crippen LogP contribution is 2.23. The van der Waals surface area contributed by atoms with Gasteiger partial charge in [0, 0.05) is 25.2 Å². The molecule has 0 saturated carbocycles. The molecule has 2 aromatic rings. The van der Waals surface area contributed by atoms with Gasteiger partial charge in [0.1, 0.15) is 5.75 Å². The molecule has 1 aromatic carbocycles. The molecule has 1 aliphatic rings. The third-order valence-corrected chi connectivity index (χ3v) is 3.66. The average Bonchev–Trinajstić information content (AvgIpc) is 2.62. The number of hydrogen-bond donors (Lipinski definition) is 1. The number of anilines is 1. The lowest BCUT2D eigenvalue weighted by atomic mass is 10.1. The van der Waals surface area contributed by atoms with Crippen LogP contribution in [-0.2, 0) is 11.3 Å². The van der Waals surface area contributed by atoms with Crippen LogP contribution < -0.4 is 15.4 Å². The molecule has 0 radical (unpaired) electrons. The van der Waals surface area contributed by atoms with Crippen LogP contribution in [0.3, 0.4) is 0 Å². The third kappa shape index (κ3) is 3.18.